The molecule has 0 radical (unpaired) electrons. The van der Waals surface area contributed by atoms with E-state index in [1.54, 1.807) is 0 Å². The molecule has 2 bridgehead atoms. The van der Waals surface area contributed by atoms with Gasteiger partial charge in [-0.05, 0) is 37.5 Å². The number of carbonyl (C=O) groups excluding carboxylic acids is 1. The van der Waals surface area contributed by atoms with Crippen LogP contribution in [0.4, 0.5) is 0 Å². The number of allylic oxidation sites excluding steroid dienone is 2. The van der Waals surface area contributed by atoms with Crippen LogP contribution < -0.4 is 0 Å². The molecule has 0 saturated heterocycles. The maximum Gasteiger partial charge on any atom is 0.309 e. The first-order valence-corrected chi connectivity index (χ1v) is 7.77. The smallest absolute Gasteiger partial charge is 0.309 e. The van der Waals surface area contributed by atoms with Crippen LogP contribution in [0.3, 0.4) is 0 Å². The van der Waals surface area contributed by atoms with Crippen molar-refractivity contribution in [2.45, 2.75) is 51.4 Å². The summed E-state index contributed by atoms with van der Waals surface area (Å²) in [4.78, 5) is 11.9. The van der Waals surface area contributed by atoms with Crippen LogP contribution in [0, 0.1) is 17.8 Å². The maximum absolute atomic E-state index is 11.9. The van der Waals surface area contributed by atoms with Gasteiger partial charge in [0, 0.05) is 6.61 Å². The number of aliphatic hydroxyl groups excluding tert-OH is 1. The van der Waals surface area contributed by atoms with E-state index in [-0.39, 0.29) is 11.9 Å². The highest BCUT2D eigenvalue weighted by atomic mass is 16.5. The molecule has 0 heterocycles. The second-order valence-electron chi connectivity index (χ2n) is 5.90. The molecule has 0 spiro atoms. The van der Waals surface area contributed by atoms with E-state index in [1.807, 2.05) is 0 Å². The van der Waals surface area contributed by atoms with Crippen molar-refractivity contribution in [3.05, 3.63) is 12.2 Å². The molecule has 0 aromatic rings. The Bertz CT molecular complexity index is 311. The molecule has 3 unspecified atom stereocenters. The van der Waals surface area contributed by atoms with E-state index in [9.17, 15) is 4.79 Å². The molecule has 3 heteroatoms. The summed E-state index contributed by atoms with van der Waals surface area (Å²) in [6.07, 6.45) is 13.1. The zero-order chi connectivity index (χ0) is 13.5. The number of unbranched alkanes of at least 4 members (excludes halogenated alkanes) is 5. The van der Waals surface area contributed by atoms with Crippen LogP contribution in [0.1, 0.15) is 51.4 Å². The molecule has 3 atom stereocenters. The molecule has 3 nitrogen and oxygen atoms in total. The third kappa shape index (κ3) is 4.34. The van der Waals surface area contributed by atoms with E-state index >= 15 is 0 Å². The Morgan fingerprint density at radius 3 is 2.42 bits per heavy atom. The number of hydrogen-bond acceptors (Lipinski definition) is 3. The molecule has 0 aromatic heterocycles. The Hall–Kier alpha value is -0.830. The molecule has 0 aromatic carbocycles. The molecule has 2 aliphatic carbocycles. The standard InChI is InChI=1S/C16H26O3/c17-9-5-3-1-2-4-6-10-19-16(18)15-12-13-7-8-14(15)11-13/h7-8,13-15,17H,1-6,9-12H2. The van der Waals surface area contributed by atoms with Gasteiger partial charge in [0.2, 0.25) is 0 Å². The zero-order valence-corrected chi connectivity index (χ0v) is 11.7. The number of esters is 1. The van der Waals surface area contributed by atoms with Gasteiger partial charge < -0.3 is 9.84 Å². The number of ether oxygens (including phenoxy) is 1. The van der Waals surface area contributed by atoms with Gasteiger partial charge in [-0.15, -0.1) is 0 Å². The predicted octanol–water partition coefficient (Wildman–Crippen LogP) is 3.07. The lowest BCUT2D eigenvalue weighted by molar-refractivity contribution is -0.149. The van der Waals surface area contributed by atoms with E-state index in [1.165, 1.54) is 12.8 Å². The summed E-state index contributed by atoms with van der Waals surface area (Å²) in [6, 6.07) is 0. The first kappa shape index (κ1) is 14.6. The van der Waals surface area contributed by atoms with E-state index < -0.39 is 0 Å². The summed E-state index contributed by atoms with van der Waals surface area (Å²) in [5, 5.41) is 8.65. The van der Waals surface area contributed by atoms with Crippen LogP contribution in [-0.4, -0.2) is 24.3 Å². The lowest BCUT2D eigenvalue weighted by atomic mass is 9.94. The van der Waals surface area contributed by atoms with Gasteiger partial charge in [0.25, 0.3) is 0 Å². The molecule has 19 heavy (non-hydrogen) atoms. The molecule has 0 amide bonds. The number of rotatable bonds is 9. The Labute approximate surface area is 116 Å². The van der Waals surface area contributed by atoms with E-state index in [4.69, 9.17) is 9.84 Å². The average molecular weight is 266 g/mol. The van der Waals surface area contributed by atoms with Crippen molar-refractivity contribution >= 4 is 5.97 Å². The summed E-state index contributed by atoms with van der Waals surface area (Å²) in [5.74, 6) is 1.25. The lowest BCUT2D eigenvalue weighted by Crippen LogP contribution is -2.21. The maximum atomic E-state index is 11.9. The second-order valence-corrected chi connectivity index (χ2v) is 5.90. The largest absolute Gasteiger partial charge is 0.465 e. The van der Waals surface area contributed by atoms with Gasteiger partial charge in [-0.25, -0.2) is 0 Å². The van der Waals surface area contributed by atoms with Crippen molar-refractivity contribution in [2.24, 2.45) is 17.8 Å². The van der Waals surface area contributed by atoms with Crippen molar-refractivity contribution in [2.75, 3.05) is 13.2 Å². The molecule has 2 aliphatic rings. The van der Waals surface area contributed by atoms with Gasteiger partial charge in [-0.1, -0.05) is 37.8 Å². The van der Waals surface area contributed by atoms with Crippen LogP contribution in [-0.2, 0) is 9.53 Å². The van der Waals surface area contributed by atoms with Crippen molar-refractivity contribution < 1.29 is 14.6 Å². The van der Waals surface area contributed by atoms with Gasteiger partial charge in [0.15, 0.2) is 0 Å². The predicted molar refractivity (Wildman–Crippen MR) is 74.6 cm³/mol. The minimum absolute atomic E-state index is 0.0251. The minimum atomic E-state index is 0.0251. The SMILES string of the molecule is O=C(OCCCCCCCCO)C1CC2C=CC1C2. The average Bonchev–Trinajstić information content (AvgIpc) is 3.04. The topological polar surface area (TPSA) is 46.5 Å². The van der Waals surface area contributed by atoms with Crippen LogP contribution >= 0.6 is 0 Å². The van der Waals surface area contributed by atoms with Gasteiger partial charge in [-0.3, -0.25) is 4.79 Å². The first-order valence-electron chi connectivity index (χ1n) is 7.77. The summed E-state index contributed by atoms with van der Waals surface area (Å²) >= 11 is 0. The van der Waals surface area contributed by atoms with Crippen LogP contribution in [0.2, 0.25) is 0 Å². The normalized spacial score (nSPS) is 27.9. The van der Waals surface area contributed by atoms with Crippen LogP contribution in [0.5, 0.6) is 0 Å². The fraction of sp³-hybridized carbons (Fsp3) is 0.812. The number of hydrogen-bond donors (Lipinski definition) is 1. The molecule has 0 aliphatic heterocycles. The second kappa shape index (κ2) is 7.68. The Balaban J connectivity index is 1.47. The van der Waals surface area contributed by atoms with Crippen molar-refractivity contribution in [1.29, 1.82) is 0 Å². The molecular weight excluding hydrogens is 240 g/mol. The van der Waals surface area contributed by atoms with E-state index in [2.05, 4.69) is 12.2 Å². The zero-order valence-electron chi connectivity index (χ0n) is 11.7. The molecule has 1 fully saturated rings. The van der Waals surface area contributed by atoms with Gasteiger partial charge >= 0.3 is 5.97 Å². The van der Waals surface area contributed by atoms with Crippen LogP contribution in [0.25, 0.3) is 0 Å². The summed E-state index contributed by atoms with van der Waals surface area (Å²) in [6.45, 7) is 0.881. The lowest BCUT2D eigenvalue weighted by Gasteiger charge is -2.16. The summed E-state index contributed by atoms with van der Waals surface area (Å²) in [7, 11) is 0. The fourth-order valence-electron chi connectivity index (χ4n) is 3.25. The molecular formula is C16H26O3. The highest BCUT2D eigenvalue weighted by molar-refractivity contribution is 5.74. The van der Waals surface area contributed by atoms with Crippen molar-refractivity contribution in [1.82, 2.24) is 0 Å². The Morgan fingerprint density at radius 2 is 1.79 bits per heavy atom. The fourth-order valence-corrected chi connectivity index (χ4v) is 3.25. The number of fused-ring (bicyclic) bond motifs is 2. The third-order valence-electron chi connectivity index (χ3n) is 4.38. The summed E-state index contributed by atoms with van der Waals surface area (Å²) in [5.41, 5.74) is 0. The highest BCUT2D eigenvalue weighted by Gasteiger charge is 2.40. The molecule has 108 valence electrons. The van der Waals surface area contributed by atoms with Gasteiger partial charge in [0.05, 0.1) is 12.5 Å². The van der Waals surface area contributed by atoms with Gasteiger partial charge in [-0.2, -0.15) is 0 Å². The Kier molecular flexibility index (Phi) is 5.90. The third-order valence-corrected chi connectivity index (χ3v) is 4.38. The number of carbonyl (C=O) groups is 1. The minimum Gasteiger partial charge on any atom is -0.465 e. The van der Waals surface area contributed by atoms with Crippen molar-refractivity contribution in [3.8, 4) is 0 Å². The highest BCUT2D eigenvalue weighted by Crippen LogP contribution is 2.43. The van der Waals surface area contributed by atoms with Crippen molar-refractivity contribution in [3.63, 3.8) is 0 Å². The quantitative estimate of drug-likeness (QED) is 0.396. The van der Waals surface area contributed by atoms with E-state index in [0.29, 0.717) is 25.0 Å². The monoisotopic (exact) mass is 266 g/mol. The summed E-state index contributed by atoms with van der Waals surface area (Å²) < 4.78 is 5.39. The van der Waals surface area contributed by atoms with E-state index in [0.717, 1.165) is 38.5 Å². The Morgan fingerprint density at radius 1 is 1.05 bits per heavy atom. The van der Waals surface area contributed by atoms with Crippen LogP contribution in [0.15, 0.2) is 12.2 Å². The van der Waals surface area contributed by atoms with Gasteiger partial charge in [0.1, 0.15) is 0 Å². The molecule has 1 saturated carbocycles. The molecule has 1 N–H and O–H groups in total. The number of aliphatic hydroxyl groups is 1. The molecule has 2 rings (SSSR count). The first-order chi connectivity index (χ1) is 9.31.